The van der Waals surface area contributed by atoms with Gasteiger partial charge in [-0.25, -0.2) is 0 Å². The van der Waals surface area contributed by atoms with E-state index in [0.29, 0.717) is 0 Å². The zero-order chi connectivity index (χ0) is 20.9. The maximum atomic E-state index is 14.8. The fourth-order valence-electron chi connectivity index (χ4n) is 3.90. The minimum Gasteiger partial charge on any atom is -0.469 e. The van der Waals surface area contributed by atoms with Crippen molar-refractivity contribution in [3.8, 4) is 0 Å². The predicted molar refractivity (Wildman–Crippen MR) is 118 cm³/mol. The molecule has 2 aromatic rings. The number of allylic oxidation sites excluding steroid dienone is 1. The molecule has 2 aromatic carbocycles. The van der Waals surface area contributed by atoms with Gasteiger partial charge in [-0.1, -0.05) is 93.6 Å². The first-order valence-corrected chi connectivity index (χ1v) is 11.3. The van der Waals surface area contributed by atoms with Gasteiger partial charge in [0, 0.05) is 22.0 Å². The van der Waals surface area contributed by atoms with Crippen LogP contribution in [0.2, 0.25) is 0 Å². The standard InChI is InChI=1S/C24H31O3P/c1-18(2)23(21(17-22(25)27-6)19-13-9-7-10-14-19)28(26,24(3,4)5)20-15-11-8-12-16-20/h7-16,21,23H,1,17H2,2-6H3. The van der Waals surface area contributed by atoms with Crippen LogP contribution in [-0.4, -0.2) is 23.9 Å². The molecule has 0 aliphatic rings. The molecule has 0 N–H and O–H groups in total. The van der Waals surface area contributed by atoms with E-state index in [4.69, 9.17) is 4.74 Å². The molecule has 0 saturated carbocycles. The fourth-order valence-corrected chi connectivity index (χ4v) is 7.85. The van der Waals surface area contributed by atoms with E-state index in [0.717, 1.165) is 16.4 Å². The largest absolute Gasteiger partial charge is 0.469 e. The number of carbonyl (C=O) groups is 1. The predicted octanol–water partition coefficient (Wildman–Crippen LogP) is 5.77. The number of carbonyl (C=O) groups excluding carboxylic acids is 1. The Morgan fingerprint density at radius 1 is 1.04 bits per heavy atom. The summed E-state index contributed by atoms with van der Waals surface area (Å²) in [5.41, 5.74) is 1.41. The summed E-state index contributed by atoms with van der Waals surface area (Å²) in [5.74, 6) is -0.593. The van der Waals surface area contributed by atoms with Crippen LogP contribution in [0.15, 0.2) is 72.8 Å². The lowest BCUT2D eigenvalue weighted by Crippen LogP contribution is -2.36. The van der Waals surface area contributed by atoms with Gasteiger partial charge in [0.15, 0.2) is 0 Å². The Bertz CT molecular complexity index is 850. The van der Waals surface area contributed by atoms with E-state index in [-0.39, 0.29) is 24.0 Å². The van der Waals surface area contributed by atoms with Gasteiger partial charge >= 0.3 is 5.97 Å². The zero-order valence-electron chi connectivity index (χ0n) is 17.5. The molecule has 150 valence electrons. The monoisotopic (exact) mass is 398 g/mol. The summed E-state index contributed by atoms with van der Waals surface area (Å²) >= 11 is 0. The van der Waals surface area contributed by atoms with E-state index in [1.807, 2.05) is 88.4 Å². The van der Waals surface area contributed by atoms with Crippen LogP contribution < -0.4 is 5.30 Å². The van der Waals surface area contributed by atoms with E-state index in [1.54, 1.807) is 0 Å². The van der Waals surface area contributed by atoms with Crippen LogP contribution in [0.4, 0.5) is 0 Å². The summed E-state index contributed by atoms with van der Waals surface area (Å²) < 4.78 is 19.8. The molecular formula is C24H31O3P. The molecule has 2 rings (SSSR count). The quantitative estimate of drug-likeness (QED) is 0.338. The highest BCUT2D eigenvalue weighted by molar-refractivity contribution is 7.74. The molecule has 0 aliphatic heterocycles. The molecule has 0 bridgehead atoms. The molecule has 4 heteroatoms. The smallest absolute Gasteiger partial charge is 0.306 e. The van der Waals surface area contributed by atoms with Crippen LogP contribution in [0.5, 0.6) is 0 Å². The number of rotatable bonds is 7. The summed E-state index contributed by atoms with van der Waals surface area (Å²) in [6, 6.07) is 19.4. The Kier molecular flexibility index (Phi) is 7.06. The van der Waals surface area contributed by atoms with Gasteiger partial charge in [0.05, 0.1) is 13.5 Å². The van der Waals surface area contributed by atoms with Gasteiger partial charge in [0.2, 0.25) is 0 Å². The second-order valence-corrected chi connectivity index (χ2v) is 12.0. The van der Waals surface area contributed by atoms with Gasteiger partial charge in [-0.15, -0.1) is 0 Å². The fraction of sp³-hybridized carbons (Fsp3) is 0.375. The summed E-state index contributed by atoms with van der Waals surface area (Å²) in [7, 11) is -1.63. The van der Waals surface area contributed by atoms with Crippen LogP contribution in [0.25, 0.3) is 0 Å². The third-order valence-corrected chi connectivity index (χ3v) is 9.90. The first-order valence-electron chi connectivity index (χ1n) is 9.55. The third kappa shape index (κ3) is 4.47. The zero-order valence-corrected chi connectivity index (χ0v) is 18.4. The maximum Gasteiger partial charge on any atom is 0.306 e. The maximum absolute atomic E-state index is 14.8. The van der Waals surface area contributed by atoms with Gasteiger partial charge in [-0.3, -0.25) is 4.79 Å². The van der Waals surface area contributed by atoms with Gasteiger partial charge in [-0.2, -0.15) is 0 Å². The number of benzene rings is 2. The molecule has 3 unspecified atom stereocenters. The van der Waals surface area contributed by atoms with Crippen molar-refractivity contribution < 1.29 is 14.1 Å². The van der Waals surface area contributed by atoms with Crippen LogP contribution in [-0.2, 0) is 14.1 Å². The van der Waals surface area contributed by atoms with Crippen molar-refractivity contribution in [2.75, 3.05) is 7.11 Å². The van der Waals surface area contributed by atoms with Crippen molar-refractivity contribution in [3.05, 3.63) is 78.4 Å². The van der Waals surface area contributed by atoms with Gasteiger partial charge in [0.1, 0.15) is 7.14 Å². The number of hydrogen-bond donors (Lipinski definition) is 0. The molecule has 0 radical (unpaired) electrons. The minimum absolute atomic E-state index is 0.158. The van der Waals surface area contributed by atoms with E-state index < -0.39 is 12.3 Å². The molecule has 0 heterocycles. The highest BCUT2D eigenvalue weighted by Gasteiger charge is 2.49. The highest BCUT2D eigenvalue weighted by atomic mass is 31.2. The number of ether oxygens (including phenoxy) is 1. The first kappa shape index (κ1) is 22.2. The summed E-state index contributed by atoms with van der Waals surface area (Å²) in [6.07, 6.45) is 0.158. The molecule has 3 atom stereocenters. The van der Waals surface area contributed by atoms with Crippen LogP contribution in [0.3, 0.4) is 0 Å². The van der Waals surface area contributed by atoms with E-state index in [2.05, 4.69) is 6.58 Å². The summed E-state index contributed by atoms with van der Waals surface area (Å²) in [5, 5.41) is 0.322. The average Bonchev–Trinajstić information content (AvgIpc) is 2.67. The Morgan fingerprint density at radius 3 is 1.96 bits per heavy atom. The van der Waals surface area contributed by atoms with Gasteiger partial charge in [0.25, 0.3) is 0 Å². The lowest BCUT2D eigenvalue weighted by atomic mass is 9.89. The van der Waals surface area contributed by atoms with E-state index in [1.165, 1.54) is 7.11 Å². The van der Waals surface area contributed by atoms with Crippen molar-refractivity contribution in [2.45, 2.75) is 50.8 Å². The molecule has 0 aliphatic carbocycles. The van der Waals surface area contributed by atoms with Gasteiger partial charge in [-0.05, 0) is 12.5 Å². The van der Waals surface area contributed by atoms with Gasteiger partial charge < -0.3 is 9.30 Å². The summed E-state index contributed by atoms with van der Waals surface area (Å²) in [6.45, 7) is 12.2. The molecule has 28 heavy (non-hydrogen) atoms. The number of hydrogen-bond acceptors (Lipinski definition) is 3. The van der Waals surface area contributed by atoms with Crippen molar-refractivity contribution >= 4 is 18.4 Å². The van der Waals surface area contributed by atoms with Crippen molar-refractivity contribution in [1.82, 2.24) is 0 Å². The van der Waals surface area contributed by atoms with Crippen LogP contribution in [0, 0.1) is 0 Å². The third-order valence-electron chi connectivity index (χ3n) is 5.26. The number of esters is 1. The second-order valence-electron chi connectivity index (χ2n) is 8.25. The molecule has 0 spiro atoms. The molecule has 0 saturated heterocycles. The van der Waals surface area contributed by atoms with Crippen LogP contribution in [0.1, 0.15) is 45.6 Å². The average molecular weight is 398 g/mol. The van der Waals surface area contributed by atoms with E-state index in [9.17, 15) is 9.36 Å². The second kappa shape index (κ2) is 8.92. The number of methoxy groups -OCH3 is 1. The lowest BCUT2D eigenvalue weighted by molar-refractivity contribution is -0.141. The molecule has 0 aromatic heterocycles. The van der Waals surface area contributed by atoms with Crippen molar-refractivity contribution in [1.29, 1.82) is 0 Å². The summed E-state index contributed by atoms with van der Waals surface area (Å²) in [4.78, 5) is 12.3. The topological polar surface area (TPSA) is 43.4 Å². The van der Waals surface area contributed by atoms with E-state index >= 15 is 0 Å². The van der Waals surface area contributed by atoms with Crippen molar-refractivity contribution in [2.24, 2.45) is 0 Å². The Labute approximate surface area is 169 Å². The molecule has 0 fully saturated rings. The Hall–Kier alpha value is -2.12. The molecular weight excluding hydrogens is 367 g/mol. The normalized spacial score (nSPS) is 15.9. The Balaban J connectivity index is 2.74. The SMILES string of the molecule is C=C(C)C(C(CC(=O)OC)c1ccccc1)P(=O)(c1ccccc1)C(C)(C)C. The highest BCUT2D eigenvalue weighted by Crippen LogP contribution is 2.65. The minimum atomic E-state index is -3.02. The van der Waals surface area contributed by atoms with Crippen molar-refractivity contribution in [3.63, 3.8) is 0 Å². The first-order chi connectivity index (χ1) is 13.1. The van der Waals surface area contributed by atoms with Crippen LogP contribution >= 0.6 is 7.14 Å². The molecule has 3 nitrogen and oxygen atoms in total. The lowest BCUT2D eigenvalue weighted by Gasteiger charge is -2.42. The molecule has 0 amide bonds. The Morgan fingerprint density at radius 2 is 1.54 bits per heavy atom.